The molecule has 4 rings (SSSR count). The minimum Gasteiger partial charge on any atom is -0.381 e. The Morgan fingerprint density at radius 1 is 1.08 bits per heavy atom. The van der Waals surface area contributed by atoms with Gasteiger partial charge in [-0.2, -0.15) is 0 Å². The van der Waals surface area contributed by atoms with E-state index in [1.54, 1.807) is 19.1 Å². The number of carbonyl (C=O) groups excluding carboxylic acids is 2. The van der Waals surface area contributed by atoms with Crippen molar-refractivity contribution in [2.24, 2.45) is 0 Å². The van der Waals surface area contributed by atoms with E-state index in [4.69, 9.17) is 4.74 Å². The maximum atomic E-state index is 13.5. The highest BCUT2D eigenvalue weighted by Crippen LogP contribution is 2.40. The van der Waals surface area contributed by atoms with E-state index in [1.807, 2.05) is 7.05 Å². The van der Waals surface area contributed by atoms with Gasteiger partial charge in [-0.05, 0) is 68.3 Å². The van der Waals surface area contributed by atoms with Gasteiger partial charge in [0.1, 0.15) is 22.3 Å². The summed E-state index contributed by atoms with van der Waals surface area (Å²) in [6.07, 6.45) is 1.79. The van der Waals surface area contributed by atoms with E-state index < -0.39 is 11.9 Å². The van der Waals surface area contributed by atoms with Crippen molar-refractivity contribution in [3.63, 3.8) is 0 Å². The van der Waals surface area contributed by atoms with Crippen molar-refractivity contribution in [3.05, 3.63) is 65.7 Å². The fourth-order valence-corrected chi connectivity index (χ4v) is 5.08. The highest BCUT2D eigenvalue weighted by molar-refractivity contribution is 7.20. The molecule has 3 aromatic rings. The monoisotopic (exact) mass is 514 g/mol. The highest BCUT2D eigenvalue weighted by atomic mass is 32.1. The fourth-order valence-electron chi connectivity index (χ4n) is 4.05. The van der Waals surface area contributed by atoms with E-state index in [-0.39, 0.29) is 30.1 Å². The van der Waals surface area contributed by atoms with Gasteiger partial charge >= 0.3 is 0 Å². The molecule has 1 saturated heterocycles. The van der Waals surface area contributed by atoms with Crippen molar-refractivity contribution in [2.75, 3.05) is 30.5 Å². The molecule has 36 heavy (non-hydrogen) atoms. The summed E-state index contributed by atoms with van der Waals surface area (Å²) in [5, 5.41) is 6.88. The average Bonchev–Trinajstić information content (AvgIpc) is 3.28. The summed E-state index contributed by atoms with van der Waals surface area (Å²) in [6.45, 7) is 3.09. The molecule has 7 nitrogen and oxygen atoms in total. The van der Waals surface area contributed by atoms with Gasteiger partial charge in [0.25, 0.3) is 5.91 Å². The Hall–Kier alpha value is -3.37. The third-order valence-corrected chi connectivity index (χ3v) is 7.07. The molecule has 10 heteroatoms. The van der Waals surface area contributed by atoms with E-state index >= 15 is 0 Å². The number of hydrogen-bond acceptors (Lipinski definition) is 6. The van der Waals surface area contributed by atoms with Crippen molar-refractivity contribution in [1.29, 1.82) is 0 Å². The third kappa shape index (κ3) is 6.44. The summed E-state index contributed by atoms with van der Waals surface area (Å²) >= 11 is 1.35. The number of rotatable bonds is 8. The van der Waals surface area contributed by atoms with Gasteiger partial charge in [0, 0.05) is 49.9 Å². The lowest BCUT2D eigenvalue weighted by molar-refractivity contribution is -0.116. The predicted molar refractivity (Wildman–Crippen MR) is 136 cm³/mol. The maximum Gasteiger partial charge on any atom is 0.251 e. The third-order valence-electron chi connectivity index (χ3n) is 6.01. The van der Waals surface area contributed by atoms with Crippen molar-refractivity contribution < 1.29 is 23.1 Å². The second kappa shape index (κ2) is 11.6. The van der Waals surface area contributed by atoms with Gasteiger partial charge in [-0.15, -0.1) is 0 Å². The van der Waals surface area contributed by atoms with Crippen LogP contribution in [-0.4, -0.2) is 49.1 Å². The zero-order valence-corrected chi connectivity index (χ0v) is 20.9. The molecular weight excluding hydrogens is 486 g/mol. The summed E-state index contributed by atoms with van der Waals surface area (Å²) in [7, 11) is 2.00. The lowest BCUT2D eigenvalue weighted by Gasteiger charge is -2.32. The van der Waals surface area contributed by atoms with Crippen LogP contribution in [0.25, 0.3) is 11.3 Å². The molecule has 0 radical (unpaired) electrons. The number of nitrogens with one attached hydrogen (secondary N) is 2. The second-order valence-electron chi connectivity index (χ2n) is 8.77. The Labute approximate surface area is 212 Å². The number of carbonyl (C=O) groups is 2. The molecule has 1 atom stereocenters. The molecule has 2 heterocycles. The first-order valence-corrected chi connectivity index (χ1v) is 12.6. The minimum atomic E-state index is -0.455. The van der Waals surface area contributed by atoms with E-state index in [0.717, 1.165) is 23.4 Å². The Morgan fingerprint density at radius 2 is 1.69 bits per heavy atom. The van der Waals surface area contributed by atoms with Gasteiger partial charge in [-0.25, -0.2) is 13.8 Å². The van der Waals surface area contributed by atoms with Gasteiger partial charge in [0.15, 0.2) is 5.13 Å². The van der Waals surface area contributed by atoms with Crippen LogP contribution in [0.5, 0.6) is 0 Å². The molecule has 2 N–H and O–H groups in total. The van der Waals surface area contributed by atoms with Crippen LogP contribution in [0.1, 0.15) is 36.5 Å². The molecule has 2 aromatic carbocycles. The van der Waals surface area contributed by atoms with Crippen LogP contribution < -0.4 is 15.5 Å². The van der Waals surface area contributed by atoms with Crippen molar-refractivity contribution in [2.45, 2.75) is 38.3 Å². The van der Waals surface area contributed by atoms with Gasteiger partial charge < -0.3 is 20.3 Å². The number of anilines is 2. The SMILES string of the molecule is CC(CC(=O)Nc1nc(-c2ccc(F)cc2)c(N(C)C2CCOCC2)s1)NC(=O)c1ccc(F)cc1. The standard InChI is InChI=1S/C26H28F2N4O3S/c1-16(29-24(34)18-5-9-20(28)10-6-18)15-22(33)30-26-31-23(17-3-7-19(27)8-4-17)25(36-26)32(2)21-11-13-35-14-12-21/h3-10,16,21H,11-15H2,1-2H3,(H,29,34)(H,30,31,33). The van der Waals surface area contributed by atoms with Gasteiger partial charge in [-0.3, -0.25) is 9.59 Å². The van der Waals surface area contributed by atoms with Crippen molar-refractivity contribution in [1.82, 2.24) is 10.3 Å². The van der Waals surface area contributed by atoms with Crippen LogP contribution in [0.4, 0.5) is 18.9 Å². The van der Waals surface area contributed by atoms with Crippen LogP contribution in [0, 0.1) is 11.6 Å². The number of amides is 2. The van der Waals surface area contributed by atoms with Crippen LogP contribution in [0.15, 0.2) is 48.5 Å². The normalized spacial score (nSPS) is 14.8. The Bertz CT molecular complexity index is 1190. The molecule has 1 fully saturated rings. The molecule has 0 saturated carbocycles. The van der Waals surface area contributed by atoms with E-state index in [2.05, 4.69) is 20.5 Å². The summed E-state index contributed by atoms with van der Waals surface area (Å²) < 4.78 is 32.1. The number of benzene rings is 2. The first kappa shape index (κ1) is 25.7. The summed E-state index contributed by atoms with van der Waals surface area (Å²) in [4.78, 5) is 31.9. The second-order valence-corrected chi connectivity index (χ2v) is 9.75. The fraction of sp³-hybridized carbons (Fsp3) is 0.346. The van der Waals surface area contributed by atoms with Gasteiger partial charge in [0.2, 0.25) is 5.91 Å². The molecule has 1 aliphatic heterocycles. The molecule has 1 aliphatic rings. The first-order chi connectivity index (χ1) is 17.3. The van der Waals surface area contributed by atoms with Gasteiger partial charge in [-0.1, -0.05) is 11.3 Å². The van der Waals surface area contributed by atoms with E-state index in [9.17, 15) is 18.4 Å². The number of halogens is 2. The molecule has 0 aliphatic carbocycles. The lowest BCUT2D eigenvalue weighted by atomic mass is 10.1. The van der Waals surface area contributed by atoms with E-state index in [1.165, 1.54) is 47.7 Å². The van der Waals surface area contributed by atoms with E-state index in [0.29, 0.717) is 29.6 Å². The summed E-state index contributed by atoms with van der Waals surface area (Å²) in [6, 6.07) is 11.1. The topological polar surface area (TPSA) is 83.6 Å². The summed E-state index contributed by atoms with van der Waals surface area (Å²) in [5.41, 5.74) is 1.73. The average molecular weight is 515 g/mol. The van der Waals surface area contributed by atoms with Crippen LogP contribution >= 0.6 is 11.3 Å². The number of aromatic nitrogens is 1. The largest absolute Gasteiger partial charge is 0.381 e. The number of nitrogens with zero attached hydrogens (tertiary/aromatic N) is 2. The number of thiazole rings is 1. The first-order valence-electron chi connectivity index (χ1n) is 11.7. The minimum absolute atomic E-state index is 0.0313. The molecule has 1 unspecified atom stereocenters. The summed E-state index contributed by atoms with van der Waals surface area (Å²) in [5.74, 6) is -1.45. The zero-order valence-electron chi connectivity index (χ0n) is 20.1. The molecule has 0 bridgehead atoms. The molecular formula is C26H28F2N4O3S. The Morgan fingerprint density at radius 3 is 2.33 bits per heavy atom. The predicted octanol–water partition coefficient (Wildman–Crippen LogP) is 4.85. The zero-order chi connectivity index (χ0) is 25.7. The smallest absolute Gasteiger partial charge is 0.251 e. The van der Waals surface area contributed by atoms with Crippen LogP contribution in [0.3, 0.4) is 0 Å². The Balaban J connectivity index is 1.46. The molecule has 2 amide bonds. The number of ether oxygens (including phenoxy) is 1. The van der Waals surface area contributed by atoms with Crippen molar-refractivity contribution >= 4 is 33.3 Å². The lowest BCUT2D eigenvalue weighted by Crippen LogP contribution is -2.36. The van der Waals surface area contributed by atoms with Crippen molar-refractivity contribution in [3.8, 4) is 11.3 Å². The van der Waals surface area contributed by atoms with Crippen LogP contribution in [0.2, 0.25) is 0 Å². The molecule has 0 spiro atoms. The van der Waals surface area contributed by atoms with Crippen LogP contribution in [-0.2, 0) is 9.53 Å². The quantitative estimate of drug-likeness (QED) is 0.449. The number of hydrogen-bond donors (Lipinski definition) is 2. The highest BCUT2D eigenvalue weighted by Gasteiger charge is 2.25. The molecule has 1 aromatic heterocycles. The molecule has 190 valence electrons. The maximum absolute atomic E-state index is 13.5. The Kier molecular flexibility index (Phi) is 8.27. The van der Waals surface area contributed by atoms with Gasteiger partial charge in [0.05, 0.1) is 0 Å².